The highest BCUT2D eigenvalue weighted by Crippen LogP contribution is 2.30. The zero-order valence-electron chi connectivity index (χ0n) is 11.8. The molecule has 0 aromatic heterocycles. The molecule has 7 heteroatoms. The molecule has 1 fully saturated rings. The smallest absolute Gasteiger partial charge is 0.336 e. The fourth-order valence-corrected chi connectivity index (χ4v) is 2.70. The minimum Gasteiger partial charge on any atom is -0.478 e. The molecule has 1 aliphatic rings. The number of aromatic carboxylic acids is 1. The van der Waals surface area contributed by atoms with E-state index in [-0.39, 0.29) is 23.3 Å². The van der Waals surface area contributed by atoms with Crippen molar-refractivity contribution in [3.8, 4) is 0 Å². The molecular formula is C14H19N3O4. The lowest BCUT2D eigenvalue weighted by Crippen LogP contribution is -2.42. The Bertz CT molecular complexity index is 574. The Kier molecular flexibility index (Phi) is 4.42. The van der Waals surface area contributed by atoms with Gasteiger partial charge in [0.1, 0.15) is 0 Å². The number of nitro groups is 1. The average molecular weight is 293 g/mol. The van der Waals surface area contributed by atoms with E-state index < -0.39 is 10.9 Å². The molecule has 0 spiro atoms. The first kappa shape index (κ1) is 15.2. The number of hydrogen-bond acceptors (Lipinski definition) is 5. The van der Waals surface area contributed by atoms with Gasteiger partial charge >= 0.3 is 5.97 Å². The van der Waals surface area contributed by atoms with Gasteiger partial charge in [0.05, 0.1) is 10.5 Å². The van der Waals surface area contributed by atoms with Crippen LogP contribution in [0.15, 0.2) is 12.1 Å². The number of nitrogens with zero attached hydrogens (tertiary/aromatic N) is 1. The van der Waals surface area contributed by atoms with Crippen LogP contribution in [-0.2, 0) is 0 Å². The third-order valence-corrected chi connectivity index (χ3v) is 3.98. The summed E-state index contributed by atoms with van der Waals surface area (Å²) in [4.78, 5) is 21.6. The normalized spacial score (nSPS) is 21.8. The Morgan fingerprint density at radius 2 is 2.10 bits per heavy atom. The zero-order chi connectivity index (χ0) is 15.6. The summed E-state index contributed by atoms with van der Waals surface area (Å²) in [6, 6.07) is 2.52. The van der Waals surface area contributed by atoms with Gasteiger partial charge < -0.3 is 16.2 Å². The van der Waals surface area contributed by atoms with Crippen LogP contribution in [0.5, 0.6) is 0 Å². The van der Waals surface area contributed by atoms with Crippen LogP contribution in [0.25, 0.3) is 0 Å². The predicted molar refractivity (Wildman–Crippen MR) is 78.6 cm³/mol. The summed E-state index contributed by atoms with van der Waals surface area (Å²) in [7, 11) is 0. The van der Waals surface area contributed by atoms with Crippen molar-refractivity contribution < 1.29 is 14.8 Å². The van der Waals surface area contributed by atoms with E-state index in [2.05, 4.69) is 5.32 Å². The van der Waals surface area contributed by atoms with Crippen LogP contribution >= 0.6 is 0 Å². The second-order valence-electron chi connectivity index (χ2n) is 5.43. The molecule has 21 heavy (non-hydrogen) atoms. The van der Waals surface area contributed by atoms with Gasteiger partial charge in [-0.2, -0.15) is 0 Å². The topological polar surface area (TPSA) is 118 Å². The van der Waals surface area contributed by atoms with Crippen molar-refractivity contribution >= 4 is 17.3 Å². The van der Waals surface area contributed by atoms with E-state index in [1.807, 2.05) is 0 Å². The minimum atomic E-state index is -1.19. The SMILES string of the molecule is Cc1c(NC2CCCCC2N)cc(C(=O)O)cc1[N+](=O)[O-]. The first-order valence-corrected chi connectivity index (χ1v) is 6.94. The first-order valence-electron chi connectivity index (χ1n) is 6.94. The van der Waals surface area contributed by atoms with E-state index >= 15 is 0 Å². The van der Waals surface area contributed by atoms with Crippen LogP contribution in [0, 0.1) is 17.0 Å². The quantitative estimate of drug-likeness (QED) is 0.579. The summed E-state index contributed by atoms with van der Waals surface area (Å²) in [5.41, 5.74) is 6.68. The number of nitro benzene ring substituents is 1. The van der Waals surface area contributed by atoms with Gasteiger partial charge in [0.15, 0.2) is 0 Å². The van der Waals surface area contributed by atoms with Crippen LogP contribution in [0.4, 0.5) is 11.4 Å². The minimum absolute atomic E-state index is 0.0149. The number of carboxylic acid groups (broad SMARTS) is 1. The third-order valence-electron chi connectivity index (χ3n) is 3.98. The fourth-order valence-electron chi connectivity index (χ4n) is 2.70. The molecule has 114 valence electrons. The molecule has 0 saturated heterocycles. The average Bonchev–Trinajstić information content (AvgIpc) is 2.42. The van der Waals surface area contributed by atoms with E-state index in [0.717, 1.165) is 31.7 Å². The molecule has 0 aliphatic heterocycles. The summed E-state index contributed by atoms with van der Waals surface area (Å²) in [5, 5.41) is 23.4. The maximum atomic E-state index is 11.1. The van der Waals surface area contributed by atoms with Crippen molar-refractivity contribution in [3.05, 3.63) is 33.4 Å². The molecule has 1 aromatic rings. The van der Waals surface area contributed by atoms with Gasteiger partial charge in [-0.05, 0) is 25.8 Å². The zero-order valence-corrected chi connectivity index (χ0v) is 11.8. The lowest BCUT2D eigenvalue weighted by Gasteiger charge is -2.30. The maximum absolute atomic E-state index is 11.1. The number of anilines is 1. The highest BCUT2D eigenvalue weighted by molar-refractivity contribution is 5.90. The second kappa shape index (κ2) is 6.09. The Labute approximate surface area is 122 Å². The van der Waals surface area contributed by atoms with Crippen molar-refractivity contribution in [2.45, 2.75) is 44.7 Å². The Hall–Kier alpha value is -2.15. The molecule has 1 saturated carbocycles. The van der Waals surface area contributed by atoms with Gasteiger partial charge in [0.2, 0.25) is 0 Å². The predicted octanol–water partition coefficient (Wildman–Crippen LogP) is 2.28. The summed E-state index contributed by atoms with van der Waals surface area (Å²) >= 11 is 0. The van der Waals surface area contributed by atoms with E-state index in [1.165, 1.54) is 6.07 Å². The van der Waals surface area contributed by atoms with Gasteiger partial charge in [0, 0.05) is 29.4 Å². The van der Waals surface area contributed by atoms with Crippen molar-refractivity contribution in [1.82, 2.24) is 0 Å². The van der Waals surface area contributed by atoms with Gasteiger partial charge in [0.25, 0.3) is 5.69 Å². The number of carbonyl (C=O) groups is 1. The van der Waals surface area contributed by atoms with Crippen LogP contribution in [-0.4, -0.2) is 28.1 Å². The van der Waals surface area contributed by atoms with Crippen molar-refractivity contribution in [2.24, 2.45) is 5.73 Å². The van der Waals surface area contributed by atoms with Gasteiger partial charge in [-0.1, -0.05) is 12.8 Å². The fraction of sp³-hybridized carbons (Fsp3) is 0.500. The summed E-state index contributed by atoms with van der Waals surface area (Å²) < 4.78 is 0. The second-order valence-corrected chi connectivity index (χ2v) is 5.43. The molecule has 1 aromatic carbocycles. The molecular weight excluding hydrogens is 274 g/mol. The Morgan fingerprint density at radius 3 is 2.67 bits per heavy atom. The van der Waals surface area contributed by atoms with Crippen molar-refractivity contribution in [1.29, 1.82) is 0 Å². The highest BCUT2D eigenvalue weighted by atomic mass is 16.6. The third kappa shape index (κ3) is 3.30. The molecule has 0 heterocycles. The first-order chi connectivity index (χ1) is 9.90. The molecule has 2 unspecified atom stereocenters. The number of nitrogens with one attached hydrogen (secondary N) is 1. The number of carboxylic acids is 1. The van der Waals surface area contributed by atoms with Gasteiger partial charge in [-0.25, -0.2) is 4.79 Å². The molecule has 2 atom stereocenters. The van der Waals surface area contributed by atoms with Crippen LogP contribution < -0.4 is 11.1 Å². The lowest BCUT2D eigenvalue weighted by molar-refractivity contribution is -0.385. The summed E-state index contributed by atoms with van der Waals surface area (Å²) in [6.45, 7) is 1.61. The standard InChI is InChI=1S/C14H19N3O4/c1-8-12(16-11-5-3-2-4-10(11)15)6-9(14(18)19)7-13(8)17(20)21/h6-7,10-11,16H,2-5,15H2,1H3,(H,18,19). The Morgan fingerprint density at radius 1 is 1.43 bits per heavy atom. The van der Waals surface area contributed by atoms with Crippen LogP contribution in [0.1, 0.15) is 41.6 Å². The molecule has 0 amide bonds. The van der Waals surface area contributed by atoms with Crippen LogP contribution in [0.3, 0.4) is 0 Å². The van der Waals surface area contributed by atoms with Crippen molar-refractivity contribution in [2.75, 3.05) is 5.32 Å². The largest absolute Gasteiger partial charge is 0.478 e. The molecule has 0 bridgehead atoms. The van der Waals surface area contributed by atoms with E-state index in [0.29, 0.717) is 11.3 Å². The monoisotopic (exact) mass is 293 g/mol. The van der Waals surface area contributed by atoms with E-state index in [1.54, 1.807) is 6.92 Å². The number of benzene rings is 1. The molecule has 2 rings (SSSR count). The van der Waals surface area contributed by atoms with E-state index in [9.17, 15) is 14.9 Å². The summed E-state index contributed by atoms with van der Waals surface area (Å²) in [5.74, 6) is -1.19. The van der Waals surface area contributed by atoms with Crippen LogP contribution in [0.2, 0.25) is 0 Å². The molecule has 7 nitrogen and oxygen atoms in total. The van der Waals surface area contributed by atoms with Crippen molar-refractivity contribution in [3.63, 3.8) is 0 Å². The highest BCUT2D eigenvalue weighted by Gasteiger charge is 2.25. The lowest BCUT2D eigenvalue weighted by atomic mass is 9.90. The number of nitrogens with two attached hydrogens (primary N) is 1. The number of rotatable bonds is 4. The number of hydrogen-bond donors (Lipinski definition) is 3. The van der Waals surface area contributed by atoms with Gasteiger partial charge in [-0.15, -0.1) is 0 Å². The maximum Gasteiger partial charge on any atom is 0.336 e. The molecule has 0 radical (unpaired) electrons. The van der Waals surface area contributed by atoms with Gasteiger partial charge in [-0.3, -0.25) is 10.1 Å². The molecule has 1 aliphatic carbocycles. The van der Waals surface area contributed by atoms with E-state index in [4.69, 9.17) is 10.8 Å². The Balaban J connectivity index is 2.37. The summed E-state index contributed by atoms with van der Waals surface area (Å²) in [6.07, 6.45) is 3.90. The molecule has 4 N–H and O–H groups in total.